The SMILES string of the molecule is c1cc2c(N(c3ccc(-n4c5ccccc5c5ccccc54)cc3)c3ccc(-n4c5ccccc5c5ccccc54)cc3)ccc3c4ccc(N(c5ccc(-n6c7ccccc7c7ccccc76)cc5)c5ccc(-n6c7ccccc7c7ccccc76)cc5)c5cccc(c(c1)c23)c54. The second kappa shape index (κ2) is 21.2. The van der Waals surface area contributed by atoms with Crippen molar-refractivity contribution >= 4 is 164 Å². The smallest absolute Gasteiger partial charge is 0.0541 e. The molecular formula is C92H58N6. The number of hydrogen-bond acceptors (Lipinski definition) is 2. The van der Waals surface area contributed by atoms with Gasteiger partial charge in [-0.05, 0) is 190 Å². The van der Waals surface area contributed by atoms with Crippen LogP contribution < -0.4 is 9.80 Å². The van der Waals surface area contributed by atoms with Crippen LogP contribution in [0.1, 0.15) is 0 Å². The molecule has 0 saturated heterocycles. The average molecular weight is 1250 g/mol. The summed E-state index contributed by atoms with van der Waals surface area (Å²) in [5, 5.41) is 19.7. The summed E-state index contributed by atoms with van der Waals surface area (Å²) in [5.74, 6) is 0. The van der Waals surface area contributed by atoms with Crippen LogP contribution in [-0.2, 0) is 0 Å². The maximum atomic E-state index is 2.46. The van der Waals surface area contributed by atoms with Crippen molar-refractivity contribution < 1.29 is 0 Å². The van der Waals surface area contributed by atoms with Gasteiger partial charge in [-0.1, -0.05) is 194 Å². The zero-order valence-electron chi connectivity index (χ0n) is 53.2. The van der Waals surface area contributed by atoms with Crippen LogP contribution in [0.25, 0.3) is 153 Å². The Labute approximate surface area is 563 Å². The second-order valence-corrected chi connectivity index (χ2v) is 25.9. The molecule has 0 unspecified atom stereocenters. The molecule has 21 rings (SSSR count). The van der Waals surface area contributed by atoms with Gasteiger partial charge in [-0.3, -0.25) is 0 Å². The molecule has 0 fully saturated rings. The normalized spacial score (nSPS) is 12.1. The van der Waals surface area contributed by atoms with E-state index in [9.17, 15) is 0 Å². The third kappa shape index (κ3) is 7.91. The molecule has 6 nitrogen and oxygen atoms in total. The first-order valence-electron chi connectivity index (χ1n) is 33.7. The molecular weight excluding hydrogens is 1190 g/mol. The van der Waals surface area contributed by atoms with E-state index in [1.54, 1.807) is 0 Å². The highest BCUT2D eigenvalue weighted by Crippen LogP contribution is 2.50. The molecule has 98 heavy (non-hydrogen) atoms. The van der Waals surface area contributed by atoms with Crippen molar-refractivity contribution in [1.82, 2.24) is 18.3 Å². The first-order chi connectivity index (χ1) is 48.7. The monoisotopic (exact) mass is 1250 g/mol. The predicted octanol–water partition coefficient (Wildman–Crippen LogP) is 25.1. The van der Waals surface area contributed by atoms with Crippen LogP contribution in [0, 0.1) is 0 Å². The number of nitrogens with zero attached hydrogens (tertiary/aromatic N) is 6. The van der Waals surface area contributed by atoms with Gasteiger partial charge in [0.15, 0.2) is 0 Å². The Hall–Kier alpha value is -13.2. The molecule has 0 saturated carbocycles. The van der Waals surface area contributed by atoms with Crippen LogP contribution in [0.2, 0.25) is 0 Å². The molecule has 4 heterocycles. The van der Waals surface area contributed by atoms with Crippen LogP contribution in [0.4, 0.5) is 34.1 Å². The minimum absolute atomic E-state index is 1.06. The molecule has 0 radical (unpaired) electrons. The van der Waals surface area contributed by atoms with Gasteiger partial charge in [-0.15, -0.1) is 0 Å². The Morgan fingerprint density at radius 1 is 0.143 bits per heavy atom. The average Bonchev–Trinajstić information content (AvgIpc) is 1.29. The van der Waals surface area contributed by atoms with Crippen LogP contribution in [-0.4, -0.2) is 18.3 Å². The summed E-state index contributed by atoms with van der Waals surface area (Å²) in [6.07, 6.45) is 0. The van der Waals surface area contributed by atoms with E-state index in [-0.39, 0.29) is 0 Å². The zero-order valence-corrected chi connectivity index (χ0v) is 53.2. The summed E-state index contributed by atoms with van der Waals surface area (Å²) < 4.78 is 9.60. The van der Waals surface area contributed by atoms with Crippen molar-refractivity contribution in [3.8, 4) is 22.7 Å². The molecule has 0 aliphatic heterocycles. The maximum absolute atomic E-state index is 2.46. The van der Waals surface area contributed by atoms with Crippen molar-refractivity contribution in [1.29, 1.82) is 0 Å². The summed E-state index contributed by atoms with van der Waals surface area (Å²) in [6.45, 7) is 0. The van der Waals surface area contributed by atoms with Gasteiger partial charge in [0, 0.05) is 99.4 Å². The lowest BCUT2D eigenvalue weighted by atomic mass is 9.88. The van der Waals surface area contributed by atoms with Crippen LogP contribution in [0.5, 0.6) is 0 Å². The summed E-state index contributed by atoms with van der Waals surface area (Å²) >= 11 is 0. The van der Waals surface area contributed by atoms with E-state index >= 15 is 0 Å². The molecule has 6 heteroatoms. The van der Waals surface area contributed by atoms with Gasteiger partial charge in [0.25, 0.3) is 0 Å². The molecule has 4 aromatic heterocycles. The summed E-state index contributed by atoms with van der Waals surface area (Å²) in [7, 11) is 0. The largest absolute Gasteiger partial charge is 0.310 e. The van der Waals surface area contributed by atoms with Crippen molar-refractivity contribution in [2.24, 2.45) is 0 Å². The number of aromatic nitrogens is 4. The summed E-state index contributed by atoms with van der Waals surface area (Å²) in [4.78, 5) is 4.93. The Kier molecular flexibility index (Phi) is 11.7. The van der Waals surface area contributed by atoms with Gasteiger partial charge in [0.05, 0.1) is 55.5 Å². The first-order valence-corrected chi connectivity index (χ1v) is 33.7. The fourth-order valence-corrected chi connectivity index (χ4v) is 16.7. The molecule has 0 amide bonds. The third-order valence-electron chi connectivity index (χ3n) is 20.9. The summed E-state index contributed by atoms with van der Waals surface area (Å²) in [5.41, 5.74) is 20.4. The minimum Gasteiger partial charge on any atom is -0.310 e. The lowest BCUT2D eigenvalue weighted by molar-refractivity contribution is 1.17. The molecule has 17 aromatic carbocycles. The van der Waals surface area contributed by atoms with Gasteiger partial charge in [0.1, 0.15) is 0 Å². The topological polar surface area (TPSA) is 26.2 Å². The number of fused-ring (bicyclic) bond motifs is 14. The van der Waals surface area contributed by atoms with Gasteiger partial charge in [0.2, 0.25) is 0 Å². The lowest BCUT2D eigenvalue weighted by Crippen LogP contribution is -2.11. The molecule has 0 bridgehead atoms. The molecule has 0 spiro atoms. The highest BCUT2D eigenvalue weighted by molar-refractivity contribution is 6.35. The van der Waals surface area contributed by atoms with E-state index in [4.69, 9.17) is 0 Å². The van der Waals surface area contributed by atoms with Gasteiger partial charge >= 0.3 is 0 Å². The van der Waals surface area contributed by atoms with Crippen LogP contribution in [0.15, 0.2) is 352 Å². The van der Waals surface area contributed by atoms with Crippen molar-refractivity contribution in [3.05, 3.63) is 352 Å². The Morgan fingerprint density at radius 2 is 0.327 bits per heavy atom. The van der Waals surface area contributed by atoms with E-state index < -0.39 is 0 Å². The zero-order chi connectivity index (χ0) is 64.1. The van der Waals surface area contributed by atoms with Crippen LogP contribution >= 0.6 is 0 Å². The molecule has 21 aromatic rings. The Balaban J connectivity index is 0.737. The quantitative estimate of drug-likeness (QED) is 0.101. The molecule has 0 N–H and O–H groups in total. The first kappa shape index (κ1) is 54.3. The fraction of sp³-hybridized carbons (Fsp3) is 0. The van der Waals surface area contributed by atoms with Gasteiger partial charge in [-0.25, -0.2) is 0 Å². The van der Waals surface area contributed by atoms with Gasteiger partial charge < -0.3 is 28.1 Å². The van der Waals surface area contributed by atoms with Crippen molar-refractivity contribution in [3.63, 3.8) is 0 Å². The number of anilines is 6. The summed E-state index contributed by atoms with van der Waals surface area (Å²) in [6, 6.07) is 130. The van der Waals surface area contributed by atoms with Gasteiger partial charge in [-0.2, -0.15) is 0 Å². The van der Waals surface area contributed by atoms with E-state index in [0.29, 0.717) is 0 Å². The Morgan fingerprint density at radius 3 is 0.551 bits per heavy atom. The fourth-order valence-electron chi connectivity index (χ4n) is 16.7. The van der Waals surface area contributed by atoms with E-state index in [1.807, 2.05) is 0 Å². The molecule has 456 valence electrons. The lowest BCUT2D eigenvalue weighted by Gasteiger charge is -2.29. The number of rotatable bonds is 10. The molecule has 0 atom stereocenters. The van der Waals surface area contributed by atoms with Crippen molar-refractivity contribution in [2.45, 2.75) is 0 Å². The maximum Gasteiger partial charge on any atom is 0.0541 e. The van der Waals surface area contributed by atoms with E-state index in [0.717, 1.165) is 56.9 Å². The minimum atomic E-state index is 1.06. The number of benzene rings is 17. The van der Waals surface area contributed by atoms with E-state index in [2.05, 4.69) is 380 Å². The molecule has 0 aliphatic carbocycles. The van der Waals surface area contributed by atoms with Crippen molar-refractivity contribution in [2.75, 3.05) is 9.80 Å². The standard InChI is InChI=1S/C92H58N6/c1-9-31-81-67(19-1)68-20-2-10-32-82(68)95(81)63-47-39-59(40-48-63)93(60-41-49-64(50-42-60)96-83-33-11-3-21-69(83)70-22-4-12-34-84(70)96)89-57-55-77-78-56-58-90(80-30-18-28-76(92(78)80)75-27-17-29-79(89)91(75)77)94(61-43-51-65(52-44-61)97-85-35-13-5-23-71(85)72-24-6-14-36-86(72)97)62-45-53-66(54-46-62)98-87-37-15-7-25-73(87)74-26-8-16-38-88(74)98/h1-58H. The third-order valence-corrected chi connectivity index (χ3v) is 20.9. The number of hydrogen-bond donors (Lipinski definition) is 0. The number of para-hydroxylation sites is 8. The van der Waals surface area contributed by atoms with Crippen LogP contribution in [0.3, 0.4) is 0 Å². The second-order valence-electron chi connectivity index (χ2n) is 25.9. The predicted molar refractivity (Wildman–Crippen MR) is 414 cm³/mol. The Bertz CT molecular complexity index is 5830. The van der Waals surface area contributed by atoms with E-state index in [1.165, 1.54) is 130 Å². The molecule has 0 aliphatic rings. The highest BCUT2D eigenvalue weighted by atomic mass is 15.2. The highest BCUT2D eigenvalue weighted by Gasteiger charge is 2.25.